The van der Waals surface area contributed by atoms with Crippen molar-refractivity contribution in [1.82, 2.24) is 0 Å². The van der Waals surface area contributed by atoms with E-state index in [2.05, 4.69) is 4.18 Å². The molecule has 1 heterocycles. The summed E-state index contributed by atoms with van der Waals surface area (Å²) in [6.07, 6.45) is -6.45. The maximum Gasteiger partial charge on any atom is 0.523 e. The molecule has 0 amide bonds. The third-order valence-corrected chi connectivity index (χ3v) is 10.8. The van der Waals surface area contributed by atoms with Crippen LogP contribution in [0.5, 0.6) is 0 Å². The largest absolute Gasteiger partial charge is 0.523 e. The van der Waals surface area contributed by atoms with Crippen LogP contribution >= 0.6 is 0 Å². The van der Waals surface area contributed by atoms with E-state index < -0.39 is 71.6 Å². The van der Waals surface area contributed by atoms with Crippen molar-refractivity contribution in [2.24, 2.45) is 17.8 Å². The van der Waals surface area contributed by atoms with E-state index >= 15 is 0 Å². The highest BCUT2D eigenvalue weighted by Crippen LogP contribution is 2.63. The molecule has 33 heavy (non-hydrogen) atoms. The highest BCUT2D eigenvalue weighted by Gasteiger charge is 2.72. The highest BCUT2D eigenvalue weighted by molar-refractivity contribution is 7.94. The second kappa shape index (κ2) is 6.98. The van der Waals surface area contributed by atoms with Crippen molar-refractivity contribution >= 4 is 25.8 Å². The van der Waals surface area contributed by atoms with E-state index in [1.807, 2.05) is 0 Å². The molecule has 3 aliphatic rings. The molecule has 0 spiro atoms. The third kappa shape index (κ3) is 3.32. The fraction of sp³-hybridized carbons (Fsp3) is 0.611. The topological polar surface area (TPSA) is 105 Å². The number of anilines is 1. The van der Waals surface area contributed by atoms with Crippen LogP contribution in [-0.2, 0) is 30.5 Å². The van der Waals surface area contributed by atoms with Crippen molar-refractivity contribution in [3.8, 4) is 6.07 Å². The van der Waals surface area contributed by atoms with Crippen LogP contribution in [0.2, 0.25) is 0 Å². The van der Waals surface area contributed by atoms with Gasteiger partial charge >= 0.3 is 21.8 Å². The van der Waals surface area contributed by atoms with E-state index in [0.717, 1.165) is 16.4 Å². The monoisotopic (exact) mass is 518 g/mol. The van der Waals surface area contributed by atoms with Gasteiger partial charge in [0.2, 0.25) is 10.0 Å². The first kappa shape index (κ1) is 24.1. The molecule has 0 N–H and O–H groups in total. The molecule has 2 saturated carbocycles. The van der Waals surface area contributed by atoms with E-state index in [4.69, 9.17) is 5.26 Å². The number of hydrogen-bond donors (Lipinski definition) is 0. The average Bonchev–Trinajstić information content (AvgIpc) is 3.26. The Morgan fingerprint density at radius 2 is 1.79 bits per heavy atom. The minimum Gasteiger partial charge on any atom is -0.269 e. The zero-order chi connectivity index (χ0) is 24.8. The van der Waals surface area contributed by atoms with Crippen molar-refractivity contribution in [2.45, 2.75) is 42.3 Å². The van der Waals surface area contributed by atoms with E-state index in [9.17, 15) is 43.2 Å². The van der Waals surface area contributed by atoms with Crippen molar-refractivity contribution < 1.29 is 47.4 Å². The maximum absolute atomic E-state index is 13.5. The molecule has 3 fully saturated rings. The van der Waals surface area contributed by atoms with Crippen molar-refractivity contribution in [3.05, 3.63) is 29.3 Å². The summed E-state index contributed by atoms with van der Waals surface area (Å²) in [4.78, 5) is 0. The second-order valence-electron chi connectivity index (χ2n) is 8.54. The zero-order valence-corrected chi connectivity index (χ0v) is 18.3. The molecule has 4 rings (SSSR count). The molecule has 1 saturated heterocycles. The Bertz CT molecular complexity index is 1250. The minimum atomic E-state index is -5.96. The Labute approximate surface area is 185 Å². The second-order valence-corrected chi connectivity index (χ2v) is 12.4. The van der Waals surface area contributed by atoms with Crippen molar-refractivity contribution in [1.29, 1.82) is 5.26 Å². The molecule has 2 bridgehead atoms. The lowest BCUT2D eigenvalue weighted by Gasteiger charge is -2.37. The predicted molar refractivity (Wildman–Crippen MR) is 100 cm³/mol. The van der Waals surface area contributed by atoms with Crippen LogP contribution in [0.1, 0.15) is 30.9 Å². The summed E-state index contributed by atoms with van der Waals surface area (Å²) in [5.74, 6) is -2.24. The van der Waals surface area contributed by atoms with Crippen molar-refractivity contribution in [2.75, 3.05) is 10.8 Å². The zero-order valence-electron chi connectivity index (χ0n) is 16.7. The van der Waals surface area contributed by atoms with Gasteiger partial charge in [0.1, 0.15) is 0 Å². The number of rotatable bonds is 3. The molecular formula is C18H16F6N2O5S2. The van der Waals surface area contributed by atoms with E-state index in [0.29, 0.717) is 6.07 Å². The van der Waals surface area contributed by atoms with Gasteiger partial charge < -0.3 is 0 Å². The van der Waals surface area contributed by atoms with Gasteiger partial charge in [0.25, 0.3) is 0 Å². The van der Waals surface area contributed by atoms with Crippen LogP contribution in [0, 0.1) is 29.1 Å². The van der Waals surface area contributed by atoms with Gasteiger partial charge in [-0.25, -0.2) is 8.42 Å². The number of nitrogens with zero attached hydrogens (tertiary/aromatic N) is 2. The van der Waals surface area contributed by atoms with Gasteiger partial charge in [-0.1, -0.05) is 0 Å². The molecule has 5 atom stereocenters. The lowest BCUT2D eigenvalue weighted by Crippen LogP contribution is -2.50. The Morgan fingerprint density at radius 1 is 1.15 bits per heavy atom. The van der Waals surface area contributed by atoms with Crippen LogP contribution in [0.25, 0.3) is 0 Å². The van der Waals surface area contributed by atoms with Gasteiger partial charge in [-0.3, -0.25) is 8.49 Å². The van der Waals surface area contributed by atoms with Gasteiger partial charge in [0, 0.05) is 18.4 Å². The van der Waals surface area contributed by atoms with E-state index in [1.54, 1.807) is 0 Å². The molecule has 1 aliphatic heterocycles. The summed E-state index contributed by atoms with van der Waals surface area (Å²) in [5.41, 5.74) is -8.02. The Kier molecular flexibility index (Phi) is 5.10. The Morgan fingerprint density at radius 3 is 2.33 bits per heavy atom. The molecule has 2 aliphatic carbocycles. The average molecular weight is 518 g/mol. The van der Waals surface area contributed by atoms with Crippen LogP contribution < -0.4 is 4.31 Å². The predicted octanol–water partition coefficient (Wildman–Crippen LogP) is 3.38. The first-order valence-corrected chi connectivity index (χ1v) is 12.4. The lowest BCUT2D eigenvalue weighted by molar-refractivity contribution is -0.137. The standard InChI is InChI=1S/C18H16F6N2O5S2/c1-16-13-4-10(5-15(13)31-33(29,30)18(22,23)24)14(16)8-26(32(16,27)28)11-3-2-9(7-25)12(6-11)17(19,20)21/h2-3,6,10,13-15H,4-5,8H2,1H3/t10-,13+,14+,15-,16-/m1/s1. The van der Waals surface area contributed by atoms with E-state index in [1.165, 1.54) is 13.0 Å². The molecule has 1 aromatic carbocycles. The maximum atomic E-state index is 13.5. The summed E-state index contributed by atoms with van der Waals surface area (Å²) in [6.45, 7) is 1.05. The van der Waals surface area contributed by atoms with Crippen molar-refractivity contribution in [3.63, 3.8) is 0 Å². The molecular weight excluding hydrogens is 502 g/mol. The molecule has 7 nitrogen and oxygen atoms in total. The van der Waals surface area contributed by atoms with Gasteiger partial charge in [-0.05, 0) is 43.9 Å². The number of nitriles is 1. The van der Waals surface area contributed by atoms with Crippen LogP contribution in [0.3, 0.4) is 0 Å². The number of sulfonamides is 1. The normalized spacial score (nSPS) is 33.2. The Hall–Kier alpha value is -2.05. The van der Waals surface area contributed by atoms with E-state index in [-0.39, 0.29) is 25.1 Å². The van der Waals surface area contributed by atoms with Gasteiger partial charge in [-0.2, -0.15) is 40.0 Å². The smallest absolute Gasteiger partial charge is 0.269 e. The highest BCUT2D eigenvalue weighted by atomic mass is 32.2. The summed E-state index contributed by atoms with van der Waals surface area (Å²) < 4.78 is 132. The fourth-order valence-corrected chi connectivity index (χ4v) is 8.68. The number of hydrogen-bond acceptors (Lipinski definition) is 6. The Balaban J connectivity index is 1.71. The molecule has 0 radical (unpaired) electrons. The van der Waals surface area contributed by atoms with Gasteiger partial charge in [0.15, 0.2) is 0 Å². The molecule has 1 aromatic rings. The SMILES string of the molecule is C[C@@]12[C@@H](CN(c3ccc(C#N)c(C(F)(F)F)c3)S1(=O)=O)[C@H]1C[C@@H](OS(=O)(=O)C(F)(F)F)[C@@H]2C1. The first-order valence-electron chi connectivity index (χ1n) is 9.58. The van der Waals surface area contributed by atoms with Gasteiger partial charge in [-0.15, -0.1) is 0 Å². The van der Waals surface area contributed by atoms with Crippen LogP contribution in [0.4, 0.5) is 32.0 Å². The number of benzene rings is 1. The number of halogens is 6. The number of alkyl halides is 6. The fourth-order valence-electron chi connectivity index (χ4n) is 5.53. The summed E-state index contributed by atoms with van der Waals surface area (Å²) in [5, 5.41) is 8.95. The molecule has 0 aromatic heterocycles. The first-order chi connectivity index (χ1) is 14.9. The summed E-state index contributed by atoms with van der Waals surface area (Å²) in [6, 6.07) is 3.85. The third-order valence-electron chi connectivity index (χ3n) is 7.04. The quantitative estimate of drug-likeness (QED) is 0.345. The molecule has 15 heteroatoms. The van der Waals surface area contributed by atoms with Crippen LogP contribution in [-0.4, -0.2) is 39.7 Å². The lowest BCUT2D eigenvalue weighted by atomic mass is 9.78. The van der Waals surface area contributed by atoms with Crippen LogP contribution in [0.15, 0.2) is 18.2 Å². The molecule has 182 valence electrons. The number of fused-ring (bicyclic) bond motifs is 5. The van der Waals surface area contributed by atoms with Gasteiger partial charge in [0.05, 0.1) is 33.7 Å². The summed E-state index contributed by atoms with van der Waals surface area (Å²) >= 11 is 0. The minimum absolute atomic E-state index is 0.119. The summed E-state index contributed by atoms with van der Waals surface area (Å²) in [7, 11) is -10.4. The molecule has 0 unspecified atom stereocenters.